The normalized spacial score (nSPS) is 10.2. The number of nitrogens with one attached hydrogen (secondary N) is 1. The molecule has 88 valence electrons. The molecule has 0 bridgehead atoms. The molecule has 0 fully saturated rings. The van der Waals surface area contributed by atoms with Crippen LogP contribution < -0.4 is 5.32 Å². The van der Waals surface area contributed by atoms with E-state index in [0.717, 1.165) is 11.3 Å². The number of aryl methyl sites for hydroxylation is 1. The van der Waals surface area contributed by atoms with Gasteiger partial charge in [-0.2, -0.15) is 0 Å². The summed E-state index contributed by atoms with van der Waals surface area (Å²) in [5, 5.41) is 12.3. The lowest BCUT2D eigenvalue weighted by molar-refractivity contribution is 0.475. The molecule has 2 rings (SSSR count). The van der Waals surface area contributed by atoms with Gasteiger partial charge in [-0.25, -0.2) is 4.39 Å². The van der Waals surface area contributed by atoms with Gasteiger partial charge in [-0.3, -0.25) is 0 Å². The van der Waals surface area contributed by atoms with Gasteiger partial charge in [-0.1, -0.05) is 12.1 Å². The molecular formula is C14H14FNO. The Kier molecular flexibility index (Phi) is 3.28. The van der Waals surface area contributed by atoms with E-state index in [1.165, 1.54) is 6.07 Å². The quantitative estimate of drug-likeness (QED) is 0.793. The predicted octanol–water partition coefficient (Wildman–Crippen LogP) is 3.45. The van der Waals surface area contributed by atoms with Gasteiger partial charge in [0, 0.05) is 12.2 Å². The minimum Gasteiger partial charge on any atom is -0.508 e. The third-order valence-electron chi connectivity index (χ3n) is 2.59. The van der Waals surface area contributed by atoms with E-state index < -0.39 is 0 Å². The predicted molar refractivity (Wildman–Crippen MR) is 66.6 cm³/mol. The summed E-state index contributed by atoms with van der Waals surface area (Å²) in [6.07, 6.45) is 0. The van der Waals surface area contributed by atoms with Crippen molar-refractivity contribution in [3.63, 3.8) is 0 Å². The second kappa shape index (κ2) is 4.87. The molecule has 0 aliphatic rings. The maximum absolute atomic E-state index is 13.1. The summed E-state index contributed by atoms with van der Waals surface area (Å²) in [7, 11) is 0. The molecule has 3 heteroatoms. The Morgan fingerprint density at radius 3 is 2.47 bits per heavy atom. The van der Waals surface area contributed by atoms with Crippen LogP contribution >= 0.6 is 0 Å². The molecule has 0 heterocycles. The van der Waals surface area contributed by atoms with Gasteiger partial charge in [-0.05, 0) is 48.4 Å². The lowest BCUT2D eigenvalue weighted by Gasteiger charge is -2.07. The molecule has 0 atom stereocenters. The number of phenols is 1. The first-order chi connectivity index (χ1) is 8.15. The Bertz CT molecular complexity index is 508. The minimum atomic E-state index is -0.182. The van der Waals surface area contributed by atoms with Crippen LogP contribution in [-0.4, -0.2) is 5.11 Å². The van der Waals surface area contributed by atoms with Gasteiger partial charge < -0.3 is 10.4 Å². The summed E-state index contributed by atoms with van der Waals surface area (Å²) in [6.45, 7) is 2.38. The topological polar surface area (TPSA) is 32.3 Å². The van der Waals surface area contributed by atoms with Crippen LogP contribution in [0, 0.1) is 12.7 Å². The van der Waals surface area contributed by atoms with Gasteiger partial charge in [0.1, 0.15) is 11.6 Å². The summed E-state index contributed by atoms with van der Waals surface area (Å²) in [6, 6.07) is 11.9. The number of halogens is 1. The molecule has 2 aromatic carbocycles. The molecule has 2 N–H and O–H groups in total. The molecule has 0 radical (unpaired) electrons. The van der Waals surface area contributed by atoms with Crippen LogP contribution in [0.2, 0.25) is 0 Å². The summed E-state index contributed by atoms with van der Waals surface area (Å²) in [5.41, 5.74) is 2.59. The van der Waals surface area contributed by atoms with Crippen LogP contribution in [0.15, 0.2) is 42.5 Å². The third kappa shape index (κ3) is 2.97. The van der Waals surface area contributed by atoms with Crippen molar-refractivity contribution in [3.05, 3.63) is 59.4 Å². The Morgan fingerprint density at radius 2 is 1.82 bits per heavy atom. The first-order valence-electron chi connectivity index (χ1n) is 5.43. The van der Waals surface area contributed by atoms with E-state index >= 15 is 0 Å². The van der Waals surface area contributed by atoms with Gasteiger partial charge in [-0.15, -0.1) is 0 Å². The summed E-state index contributed by atoms with van der Waals surface area (Å²) in [4.78, 5) is 0. The van der Waals surface area contributed by atoms with Crippen molar-refractivity contribution in [2.75, 3.05) is 5.32 Å². The van der Waals surface area contributed by atoms with Gasteiger partial charge >= 0.3 is 0 Å². The average molecular weight is 231 g/mol. The zero-order valence-electron chi connectivity index (χ0n) is 9.57. The molecule has 0 saturated heterocycles. The van der Waals surface area contributed by atoms with Gasteiger partial charge in [0.15, 0.2) is 0 Å². The number of hydrogen-bond donors (Lipinski definition) is 2. The largest absolute Gasteiger partial charge is 0.508 e. The number of phenolic OH excluding ortho intramolecular Hbond substituents is 1. The molecule has 17 heavy (non-hydrogen) atoms. The van der Waals surface area contributed by atoms with Crippen LogP contribution in [0.4, 0.5) is 10.1 Å². The van der Waals surface area contributed by atoms with Crippen LogP contribution in [0.1, 0.15) is 11.1 Å². The lowest BCUT2D eigenvalue weighted by atomic mass is 10.1. The van der Waals surface area contributed by atoms with E-state index in [4.69, 9.17) is 5.11 Å². The number of hydrogen-bond acceptors (Lipinski definition) is 2. The Morgan fingerprint density at radius 1 is 1.12 bits per heavy atom. The second-order valence-corrected chi connectivity index (χ2v) is 3.98. The highest BCUT2D eigenvalue weighted by Crippen LogP contribution is 2.15. The fourth-order valence-corrected chi connectivity index (χ4v) is 1.60. The molecule has 0 saturated carbocycles. The summed E-state index contributed by atoms with van der Waals surface area (Å²) in [5.74, 6) is 0.0616. The maximum atomic E-state index is 13.1. The van der Waals surface area contributed by atoms with Crippen molar-refractivity contribution in [2.24, 2.45) is 0 Å². The fourth-order valence-electron chi connectivity index (χ4n) is 1.60. The van der Waals surface area contributed by atoms with Crippen molar-refractivity contribution in [3.8, 4) is 5.75 Å². The molecular weight excluding hydrogens is 217 g/mol. The zero-order valence-corrected chi connectivity index (χ0v) is 9.57. The van der Waals surface area contributed by atoms with E-state index in [0.29, 0.717) is 12.1 Å². The highest BCUT2D eigenvalue weighted by molar-refractivity contribution is 5.46. The zero-order chi connectivity index (χ0) is 12.3. The first kappa shape index (κ1) is 11.5. The Labute approximate surface area is 99.7 Å². The SMILES string of the molecule is Cc1cc(CNc2ccc(O)cc2)ccc1F. The van der Waals surface area contributed by atoms with Crippen LogP contribution in [0.5, 0.6) is 5.75 Å². The van der Waals surface area contributed by atoms with Crippen LogP contribution in [-0.2, 0) is 6.54 Å². The van der Waals surface area contributed by atoms with Gasteiger partial charge in [0.05, 0.1) is 0 Å². The smallest absolute Gasteiger partial charge is 0.126 e. The molecule has 0 amide bonds. The van der Waals surface area contributed by atoms with Crippen molar-refractivity contribution >= 4 is 5.69 Å². The van der Waals surface area contributed by atoms with Crippen molar-refractivity contribution in [1.82, 2.24) is 0 Å². The second-order valence-electron chi connectivity index (χ2n) is 3.98. The minimum absolute atomic E-state index is 0.182. The van der Waals surface area contributed by atoms with Crippen molar-refractivity contribution in [2.45, 2.75) is 13.5 Å². The molecule has 0 aromatic heterocycles. The number of anilines is 1. The van der Waals surface area contributed by atoms with E-state index in [2.05, 4.69) is 5.32 Å². The van der Waals surface area contributed by atoms with E-state index in [9.17, 15) is 4.39 Å². The van der Waals surface area contributed by atoms with Gasteiger partial charge in [0.25, 0.3) is 0 Å². The first-order valence-corrected chi connectivity index (χ1v) is 5.43. The van der Waals surface area contributed by atoms with E-state index in [-0.39, 0.29) is 11.6 Å². The number of benzene rings is 2. The third-order valence-corrected chi connectivity index (χ3v) is 2.59. The fraction of sp³-hybridized carbons (Fsp3) is 0.143. The van der Waals surface area contributed by atoms with Crippen molar-refractivity contribution < 1.29 is 9.50 Å². The van der Waals surface area contributed by atoms with Crippen molar-refractivity contribution in [1.29, 1.82) is 0 Å². The highest BCUT2D eigenvalue weighted by atomic mass is 19.1. The lowest BCUT2D eigenvalue weighted by Crippen LogP contribution is -1.99. The maximum Gasteiger partial charge on any atom is 0.126 e. The summed E-state index contributed by atoms with van der Waals surface area (Å²) >= 11 is 0. The Hall–Kier alpha value is -2.03. The van der Waals surface area contributed by atoms with E-state index in [1.54, 1.807) is 37.3 Å². The van der Waals surface area contributed by atoms with Gasteiger partial charge in [0.2, 0.25) is 0 Å². The highest BCUT2D eigenvalue weighted by Gasteiger charge is 1.99. The summed E-state index contributed by atoms with van der Waals surface area (Å²) < 4.78 is 13.1. The molecule has 0 unspecified atom stereocenters. The monoisotopic (exact) mass is 231 g/mol. The number of aromatic hydroxyl groups is 1. The molecule has 0 aliphatic carbocycles. The standard InChI is InChI=1S/C14H14FNO/c1-10-8-11(2-7-14(10)15)9-16-12-3-5-13(17)6-4-12/h2-8,16-17H,9H2,1H3. The van der Waals surface area contributed by atoms with Crippen LogP contribution in [0.25, 0.3) is 0 Å². The molecule has 0 spiro atoms. The van der Waals surface area contributed by atoms with E-state index in [1.807, 2.05) is 6.07 Å². The Balaban J connectivity index is 2.02. The number of rotatable bonds is 3. The molecule has 0 aliphatic heterocycles. The molecule has 2 nitrogen and oxygen atoms in total. The average Bonchev–Trinajstić information content (AvgIpc) is 2.33. The molecule has 2 aromatic rings. The van der Waals surface area contributed by atoms with Crippen LogP contribution in [0.3, 0.4) is 0 Å².